The fourth-order valence-corrected chi connectivity index (χ4v) is 8.49. The minimum Gasteiger partial charge on any atom is -0.486 e. The fraction of sp³-hybridized carbons (Fsp3) is 0.0769. The third-order valence-electron chi connectivity index (χ3n) is 11.3. The molecule has 0 aliphatic rings. The van der Waals surface area contributed by atoms with Crippen LogP contribution in [-0.4, -0.2) is 30.0 Å². The Bertz CT molecular complexity index is 3310. The molecule has 0 amide bonds. The molecule has 0 fully saturated rings. The Morgan fingerprint density at radius 1 is 0.383 bits per heavy atom. The van der Waals surface area contributed by atoms with E-state index in [9.17, 15) is 0 Å². The summed E-state index contributed by atoms with van der Waals surface area (Å²) in [6.07, 6.45) is 3.94. The summed E-state index contributed by atoms with van der Waals surface area (Å²) < 4.78 is 17.2. The molecule has 0 aliphatic heterocycles. The SMILES string of the molecule is c1ccc2cc(Cn3cc(COc4ccc5ccccc5c4-c4c(OCc5cn(Cc6c7ccccc7cc7ccccc67)nn5)ccc5ccccc45)nn3)ccc2c1. The fourth-order valence-electron chi connectivity index (χ4n) is 8.49. The number of hydrogen-bond acceptors (Lipinski definition) is 6. The predicted octanol–water partition coefficient (Wildman–Crippen LogP) is 11.6. The van der Waals surface area contributed by atoms with Gasteiger partial charge in [0.15, 0.2) is 0 Å². The zero-order valence-corrected chi connectivity index (χ0v) is 32.6. The first-order valence-corrected chi connectivity index (χ1v) is 20.1. The smallest absolute Gasteiger partial charge is 0.134 e. The van der Waals surface area contributed by atoms with Gasteiger partial charge in [0.1, 0.15) is 36.1 Å². The molecule has 11 rings (SSSR count). The van der Waals surface area contributed by atoms with E-state index in [1.165, 1.54) is 37.9 Å². The summed E-state index contributed by atoms with van der Waals surface area (Å²) in [5, 5.41) is 29.7. The predicted molar refractivity (Wildman–Crippen MR) is 239 cm³/mol. The molecule has 0 aliphatic carbocycles. The highest BCUT2D eigenvalue weighted by atomic mass is 16.5. The second kappa shape index (κ2) is 15.2. The lowest BCUT2D eigenvalue weighted by Crippen LogP contribution is -2.02. The van der Waals surface area contributed by atoms with Gasteiger partial charge in [-0.15, -0.1) is 10.2 Å². The van der Waals surface area contributed by atoms with Gasteiger partial charge in [0, 0.05) is 11.1 Å². The van der Waals surface area contributed by atoms with Crippen LogP contribution in [-0.2, 0) is 26.3 Å². The largest absolute Gasteiger partial charge is 0.486 e. The molecule has 8 nitrogen and oxygen atoms in total. The number of hydrogen-bond donors (Lipinski definition) is 0. The van der Waals surface area contributed by atoms with Gasteiger partial charge >= 0.3 is 0 Å². The number of ether oxygens (including phenoxy) is 2. The monoisotopic (exact) mass is 778 g/mol. The lowest BCUT2D eigenvalue weighted by Gasteiger charge is -2.19. The topological polar surface area (TPSA) is 79.9 Å². The van der Waals surface area contributed by atoms with E-state index in [2.05, 4.69) is 178 Å². The van der Waals surface area contributed by atoms with Crippen LogP contribution >= 0.6 is 0 Å². The third kappa shape index (κ3) is 6.73. The molecule has 9 aromatic carbocycles. The summed E-state index contributed by atoms with van der Waals surface area (Å²) in [6.45, 7) is 1.69. The van der Waals surface area contributed by atoms with E-state index >= 15 is 0 Å². The van der Waals surface area contributed by atoms with Crippen LogP contribution in [0.3, 0.4) is 0 Å². The van der Waals surface area contributed by atoms with Gasteiger partial charge in [-0.3, -0.25) is 0 Å². The first kappa shape index (κ1) is 35.3. The minimum absolute atomic E-state index is 0.239. The van der Waals surface area contributed by atoms with Gasteiger partial charge in [-0.1, -0.05) is 156 Å². The Hall–Kier alpha value is -7.84. The molecule has 0 saturated carbocycles. The van der Waals surface area contributed by atoms with Gasteiger partial charge in [-0.2, -0.15) is 0 Å². The van der Waals surface area contributed by atoms with Crippen LogP contribution in [0.15, 0.2) is 182 Å². The van der Waals surface area contributed by atoms with Crippen molar-refractivity contribution >= 4 is 53.9 Å². The van der Waals surface area contributed by atoms with Crippen LogP contribution in [0, 0.1) is 0 Å². The number of benzene rings is 9. The normalized spacial score (nSPS) is 11.6. The maximum Gasteiger partial charge on any atom is 0.134 e. The molecular weight excluding hydrogens is 741 g/mol. The van der Waals surface area contributed by atoms with E-state index in [1.54, 1.807) is 0 Å². The molecule has 0 unspecified atom stereocenters. The lowest BCUT2D eigenvalue weighted by molar-refractivity contribution is 0.298. The molecule has 0 spiro atoms. The second-order valence-corrected chi connectivity index (χ2v) is 15.2. The van der Waals surface area contributed by atoms with Crippen LogP contribution < -0.4 is 9.47 Å². The average molecular weight is 779 g/mol. The first-order chi connectivity index (χ1) is 29.7. The highest BCUT2D eigenvalue weighted by Crippen LogP contribution is 2.46. The standard InChI is InChI=1S/C52H38N6O2/c1-2-14-39-27-35(21-22-36(39)11-1)29-57-30-42(53-55-57)33-59-49-25-23-37-12-3-9-19-46(37)51(49)52-47-20-10-4-13-38(47)24-26-50(52)60-34-43-31-58(56-54-43)32-48-44-17-7-5-15-40(44)28-41-16-6-8-18-45(41)48/h1-28,30-31H,29,32-34H2. The molecule has 11 aromatic rings. The minimum atomic E-state index is 0.239. The van der Waals surface area contributed by atoms with Crippen molar-refractivity contribution in [1.29, 1.82) is 0 Å². The molecule has 0 saturated heterocycles. The number of aromatic nitrogens is 6. The number of nitrogens with zero attached hydrogens (tertiary/aromatic N) is 6. The maximum absolute atomic E-state index is 6.75. The number of rotatable bonds is 11. The van der Waals surface area contributed by atoms with Crippen molar-refractivity contribution in [3.05, 3.63) is 205 Å². The van der Waals surface area contributed by atoms with Crippen LogP contribution in [0.1, 0.15) is 22.5 Å². The Morgan fingerprint density at radius 2 is 0.833 bits per heavy atom. The van der Waals surface area contributed by atoms with Crippen LogP contribution in [0.5, 0.6) is 11.5 Å². The van der Waals surface area contributed by atoms with Gasteiger partial charge in [0.25, 0.3) is 0 Å². The van der Waals surface area contributed by atoms with Crippen molar-refractivity contribution in [3.63, 3.8) is 0 Å². The van der Waals surface area contributed by atoms with Crippen molar-refractivity contribution in [2.24, 2.45) is 0 Å². The van der Waals surface area contributed by atoms with E-state index in [4.69, 9.17) is 9.47 Å². The molecule has 60 heavy (non-hydrogen) atoms. The molecule has 0 N–H and O–H groups in total. The highest BCUT2D eigenvalue weighted by molar-refractivity contribution is 6.10. The number of fused-ring (bicyclic) bond motifs is 5. The first-order valence-electron chi connectivity index (χ1n) is 20.1. The average Bonchev–Trinajstić information content (AvgIpc) is 3.96. The lowest BCUT2D eigenvalue weighted by atomic mass is 9.92. The second-order valence-electron chi connectivity index (χ2n) is 15.2. The molecule has 288 valence electrons. The molecular formula is C52H38N6O2. The summed E-state index contributed by atoms with van der Waals surface area (Å²) in [6, 6.07) is 59.3. The molecule has 0 atom stereocenters. The molecule has 8 heteroatoms. The van der Waals surface area contributed by atoms with Gasteiger partial charge in [0.2, 0.25) is 0 Å². The summed E-state index contributed by atoms with van der Waals surface area (Å²) in [7, 11) is 0. The van der Waals surface area contributed by atoms with E-state index in [-0.39, 0.29) is 13.2 Å². The van der Waals surface area contributed by atoms with Crippen LogP contribution in [0.2, 0.25) is 0 Å². The van der Waals surface area contributed by atoms with Gasteiger partial charge < -0.3 is 9.47 Å². The van der Waals surface area contributed by atoms with Crippen molar-refractivity contribution in [2.45, 2.75) is 26.3 Å². The third-order valence-corrected chi connectivity index (χ3v) is 11.3. The zero-order valence-electron chi connectivity index (χ0n) is 32.6. The summed E-state index contributed by atoms with van der Waals surface area (Å²) in [5.41, 5.74) is 5.76. The van der Waals surface area contributed by atoms with Gasteiger partial charge in [0.05, 0.1) is 25.5 Å². The molecule has 0 radical (unpaired) electrons. The van der Waals surface area contributed by atoms with Crippen molar-refractivity contribution in [2.75, 3.05) is 0 Å². The van der Waals surface area contributed by atoms with Crippen LogP contribution in [0.25, 0.3) is 65.0 Å². The van der Waals surface area contributed by atoms with E-state index in [0.29, 0.717) is 13.1 Å². The molecule has 2 heterocycles. The van der Waals surface area contributed by atoms with Crippen molar-refractivity contribution in [1.82, 2.24) is 30.0 Å². The highest BCUT2D eigenvalue weighted by Gasteiger charge is 2.20. The Labute approximate surface area is 345 Å². The Morgan fingerprint density at radius 3 is 1.40 bits per heavy atom. The van der Waals surface area contributed by atoms with Crippen LogP contribution in [0.4, 0.5) is 0 Å². The van der Waals surface area contributed by atoms with E-state index < -0.39 is 0 Å². The van der Waals surface area contributed by atoms with Gasteiger partial charge in [-0.25, -0.2) is 9.36 Å². The van der Waals surface area contributed by atoms with Crippen molar-refractivity contribution < 1.29 is 9.47 Å². The van der Waals surface area contributed by atoms with E-state index in [1.807, 2.05) is 33.9 Å². The Kier molecular flexibility index (Phi) is 8.92. The summed E-state index contributed by atoms with van der Waals surface area (Å²) in [4.78, 5) is 0. The van der Waals surface area contributed by atoms with Gasteiger partial charge in [-0.05, 0) is 89.3 Å². The molecule has 0 bridgehead atoms. The van der Waals surface area contributed by atoms with Crippen molar-refractivity contribution in [3.8, 4) is 22.6 Å². The Balaban J connectivity index is 0.900. The zero-order chi connectivity index (χ0) is 39.8. The summed E-state index contributed by atoms with van der Waals surface area (Å²) >= 11 is 0. The maximum atomic E-state index is 6.75. The summed E-state index contributed by atoms with van der Waals surface area (Å²) in [5.74, 6) is 1.46. The molecule has 2 aromatic heterocycles. The quantitative estimate of drug-likeness (QED) is 0.122. The van der Waals surface area contributed by atoms with E-state index in [0.717, 1.165) is 61.1 Å².